The minimum atomic E-state index is -1.39. The van der Waals surface area contributed by atoms with E-state index >= 15 is 0 Å². The molecule has 89 valence electrons. The molecule has 0 aliphatic carbocycles. The first-order valence-corrected chi connectivity index (χ1v) is 6.76. The van der Waals surface area contributed by atoms with E-state index in [0.717, 1.165) is 12.8 Å². The fourth-order valence-corrected chi connectivity index (χ4v) is 3.02. The number of rotatable bonds is 8. The van der Waals surface area contributed by atoms with Gasteiger partial charge in [0.15, 0.2) is 5.96 Å². The van der Waals surface area contributed by atoms with Crippen LogP contribution in [0, 0.1) is 0 Å². The van der Waals surface area contributed by atoms with Gasteiger partial charge in [-0.3, -0.25) is 0 Å². The van der Waals surface area contributed by atoms with Crippen molar-refractivity contribution in [2.75, 3.05) is 13.2 Å². The van der Waals surface area contributed by atoms with Gasteiger partial charge in [0.2, 0.25) is 0 Å². The Balaban J connectivity index is 4.43. The Morgan fingerprint density at radius 2 is 1.73 bits per heavy atom. The van der Waals surface area contributed by atoms with Crippen LogP contribution >= 0.6 is 0 Å². The van der Waals surface area contributed by atoms with Crippen LogP contribution in [-0.2, 0) is 8.85 Å². The molecule has 1 unspecified atom stereocenters. The summed E-state index contributed by atoms with van der Waals surface area (Å²) in [4.78, 5) is 4.17. The SMILES string of the molecule is CCCC(N=C(N)N)[Si](OCC)OCC. The Bertz CT molecular complexity index is 180. The van der Waals surface area contributed by atoms with Crippen molar-refractivity contribution in [2.24, 2.45) is 16.5 Å². The highest BCUT2D eigenvalue weighted by Crippen LogP contribution is 2.08. The maximum Gasteiger partial charge on any atom is 0.411 e. The maximum absolute atomic E-state index is 5.56. The van der Waals surface area contributed by atoms with Gasteiger partial charge in [-0.2, -0.15) is 0 Å². The monoisotopic (exact) mass is 232 g/mol. The van der Waals surface area contributed by atoms with Crippen molar-refractivity contribution in [3.63, 3.8) is 0 Å². The molecular formula is C9H22N3O2Si. The Labute approximate surface area is 93.7 Å². The van der Waals surface area contributed by atoms with Gasteiger partial charge in [-0.05, 0) is 20.3 Å². The largest absolute Gasteiger partial charge is 0.411 e. The number of guanidine groups is 1. The average molecular weight is 232 g/mol. The molecular weight excluding hydrogens is 210 g/mol. The van der Waals surface area contributed by atoms with Gasteiger partial charge in [-0.15, -0.1) is 0 Å². The third kappa shape index (κ3) is 6.48. The van der Waals surface area contributed by atoms with E-state index in [4.69, 9.17) is 20.3 Å². The number of aliphatic imine (C=N–C) groups is 1. The molecule has 0 bridgehead atoms. The zero-order valence-electron chi connectivity index (χ0n) is 9.82. The predicted molar refractivity (Wildman–Crippen MR) is 63.5 cm³/mol. The third-order valence-electron chi connectivity index (χ3n) is 1.71. The van der Waals surface area contributed by atoms with Crippen molar-refractivity contribution in [1.82, 2.24) is 0 Å². The molecule has 0 aromatic rings. The van der Waals surface area contributed by atoms with Crippen LogP contribution in [0.25, 0.3) is 0 Å². The zero-order chi connectivity index (χ0) is 11.7. The van der Waals surface area contributed by atoms with E-state index in [1.807, 2.05) is 13.8 Å². The molecule has 1 atom stereocenters. The summed E-state index contributed by atoms with van der Waals surface area (Å²) in [6.45, 7) is 7.25. The third-order valence-corrected chi connectivity index (χ3v) is 3.82. The number of hydrogen-bond acceptors (Lipinski definition) is 3. The topological polar surface area (TPSA) is 82.9 Å². The molecule has 15 heavy (non-hydrogen) atoms. The van der Waals surface area contributed by atoms with Crippen molar-refractivity contribution in [3.05, 3.63) is 0 Å². The Morgan fingerprint density at radius 3 is 2.07 bits per heavy atom. The quantitative estimate of drug-likeness (QED) is 0.363. The van der Waals surface area contributed by atoms with Crippen LogP contribution in [0.2, 0.25) is 0 Å². The minimum absolute atomic E-state index is 0.00935. The highest BCUT2D eigenvalue weighted by atomic mass is 28.3. The van der Waals surface area contributed by atoms with E-state index in [2.05, 4.69) is 11.9 Å². The summed E-state index contributed by atoms with van der Waals surface area (Å²) < 4.78 is 11.1. The molecule has 0 aliphatic rings. The molecule has 1 radical (unpaired) electrons. The summed E-state index contributed by atoms with van der Waals surface area (Å²) in [5.74, 6) is 0.107. The lowest BCUT2D eigenvalue weighted by atomic mass is 10.3. The first-order chi connectivity index (χ1) is 7.15. The second-order valence-corrected chi connectivity index (χ2v) is 4.93. The molecule has 0 heterocycles. The highest BCUT2D eigenvalue weighted by molar-refractivity contribution is 6.46. The zero-order valence-corrected chi connectivity index (χ0v) is 10.8. The molecule has 0 fully saturated rings. The molecule has 0 aromatic heterocycles. The Morgan fingerprint density at radius 1 is 1.20 bits per heavy atom. The van der Waals surface area contributed by atoms with Crippen LogP contribution in [0.15, 0.2) is 4.99 Å². The van der Waals surface area contributed by atoms with Gasteiger partial charge in [0.1, 0.15) is 0 Å². The lowest BCUT2D eigenvalue weighted by molar-refractivity contribution is 0.203. The summed E-state index contributed by atoms with van der Waals surface area (Å²) >= 11 is 0. The standard InChI is InChI=1S/C9H22N3O2Si/c1-4-7-8(12-9(10)11)15(13-5-2)14-6-3/h8H,4-7H2,1-3H3,(H4,10,11,12). The smallest absolute Gasteiger partial charge is 0.392 e. The Kier molecular flexibility index (Phi) is 8.35. The summed E-state index contributed by atoms with van der Waals surface area (Å²) in [7, 11) is -1.39. The van der Waals surface area contributed by atoms with E-state index in [1.165, 1.54) is 0 Å². The van der Waals surface area contributed by atoms with E-state index < -0.39 is 9.28 Å². The first kappa shape index (κ1) is 14.4. The van der Waals surface area contributed by atoms with Crippen LogP contribution in [0.3, 0.4) is 0 Å². The maximum atomic E-state index is 5.56. The van der Waals surface area contributed by atoms with Crippen molar-refractivity contribution < 1.29 is 8.85 Å². The van der Waals surface area contributed by atoms with Gasteiger partial charge in [-0.1, -0.05) is 13.3 Å². The average Bonchev–Trinajstić information content (AvgIpc) is 2.16. The second kappa shape index (κ2) is 8.69. The lowest BCUT2D eigenvalue weighted by Crippen LogP contribution is -2.39. The fraction of sp³-hybridized carbons (Fsp3) is 0.889. The van der Waals surface area contributed by atoms with Crippen molar-refractivity contribution in [2.45, 2.75) is 39.3 Å². The van der Waals surface area contributed by atoms with Crippen LogP contribution in [0.5, 0.6) is 0 Å². The van der Waals surface area contributed by atoms with Gasteiger partial charge < -0.3 is 20.3 Å². The molecule has 0 saturated heterocycles. The normalized spacial score (nSPS) is 12.8. The summed E-state index contributed by atoms with van der Waals surface area (Å²) in [5, 5.41) is 0. The number of nitrogens with zero attached hydrogens (tertiary/aromatic N) is 1. The highest BCUT2D eigenvalue weighted by Gasteiger charge is 2.27. The summed E-state index contributed by atoms with van der Waals surface area (Å²) in [6, 6.07) is 0. The molecule has 4 N–H and O–H groups in total. The van der Waals surface area contributed by atoms with E-state index in [0.29, 0.717) is 13.2 Å². The number of hydrogen-bond donors (Lipinski definition) is 2. The Hall–Kier alpha value is -0.593. The van der Waals surface area contributed by atoms with E-state index in [1.54, 1.807) is 0 Å². The number of nitrogens with two attached hydrogens (primary N) is 2. The second-order valence-electron chi connectivity index (χ2n) is 3.04. The molecule has 0 saturated carbocycles. The molecule has 0 aromatic carbocycles. The van der Waals surface area contributed by atoms with Gasteiger partial charge in [0.25, 0.3) is 0 Å². The molecule has 5 nitrogen and oxygen atoms in total. The van der Waals surface area contributed by atoms with Crippen LogP contribution < -0.4 is 11.5 Å². The molecule has 0 spiro atoms. The predicted octanol–water partition coefficient (Wildman–Crippen LogP) is 0.529. The van der Waals surface area contributed by atoms with E-state index in [9.17, 15) is 0 Å². The van der Waals surface area contributed by atoms with Crippen molar-refractivity contribution >= 4 is 15.2 Å². The van der Waals surface area contributed by atoms with Gasteiger partial charge >= 0.3 is 9.28 Å². The molecule has 0 aliphatic heterocycles. The van der Waals surface area contributed by atoms with Gasteiger partial charge in [0.05, 0.1) is 5.67 Å². The molecule has 0 amide bonds. The van der Waals surface area contributed by atoms with Crippen molar-refractivity contribution in [1.29, 1.82) is 0 Å². The lowest BCUT2D eigenvalue weighted by Gasteiger charge is -2.19. The molecule has 0 rings (SSSR count). The first-order valence-electron chi connectivity index (χ1n) is 5.36. The van der Waals surface area contributed by atoms with Gasteiger partial charge in [0, 0.05) is 13.2 Å². The summed E-state index contributed by atoms with van der Waals surface area (Å²) in [5.41, 5.74) is 10.8. The van der Waals surface area contributed by atoms with Crippen LogP contribution in [0.1, 0.15) is 33.6 Å². The van der Waals surface area contributed by atoms with Crippen molar-refractivity contribution in [3.8, 4) is 0 Å². The van der Waals surface area contributed by atoms with E-state index in [-0.39, 0.29) is 11.6 Å². The minimum Gasteiger partial charge on any atom is -0.392 e. The summed E-state index contributed by atoms with van der Waals surface area (Å²) in [6.07, 6.45) is 1.90. The molecule has 6 heteroatoms. The van der Waals surface area contributed by atoms with Gasteiger partial charge in [-0.25, -0.2) is 4.99 Å². The van der Waals surface area contributed by atoms with Crippen LogP contribution in [-0.4, -0.2) is 34.1 Å². The van der Waals surface area contributed by atoms with Crippen LogP contribution in [0.4, 0.5) is 0 Å². The fourth-order valence-electron chi connectivity index (χ4n) is 1.21.